The predicted octanol–water partition coefficient (Wildman–Crippen LogP) is 7.01. The number of unbranched alkanes of at least 4 members (excludes halogenated alkanes) is 1. The Balaban J connectivity index is 1.75. The number of rotatable bonds is 13. The monoisotopic (exact) mass is 500 g/mol. The number of carbonyl (C=O) groups excluding carboxylic acids is 1. The molecule has 0 aliphatic rings. The highest BCUT2D eigenvalue weighted by Crippen LogP contribution is 2.52. The van der Waals surface area contributed by atoms with E-state index >= 15 is 4.57 Å². The van der Waals surface area contributed by atoms with E-state index in [1.54, 1.807) is 12.1 Å². The van der Waals surface area contributed by atoms with E-state index in [9.17, 15) is 4.79 Å². The SMILES string of the molecule is CCCC[C@H](C[C@H](C(=O)c1ccco1)P(=O)(c1ccccc1)c1ccccc1)OCc1ccccc1. The normalized spacial score (nSPS) is 13.2. The van der Waals surface area contributed by atoms with E-state index in [-0.39, 0.29) is 17.6 Å². The summed E-state index contributed by atoms with van der Waals surface area (Å²) in [6, 6.07) is 32.1. The third kappa shape index (κ3) is 6.13. The van der Waals surface area contributed by atoms with Crippen molar-refractivity contribution >= 4 is 23.5 Å². The van der Waals surface area contributed by atoms with Gasteiger partial charge in [-0.1, -0.05) is 111 Å². The average molecular weight is 501 g/mol. The summed E-state index contributed by atoms with van der Waals surface area (Å²) in [6.45, 7) is 2.58. The second-order valence-corrected chi connectivity index (χ2v) is 12.0. The summed E-state index contributed by atoms with van der Waals surface area (Å²) in [5, 5.41) is 1.33. The Labute approximate surface area is 213 Å². The topological polar surface area (TPSA) is 56.5 Å². The fourth-order valence-electron chi connectivity index (χ4n) is 4.55. The van der Waals surface area contributed by atoms with Gasteiger partial charge < -0.3 is 13.7 Å². The Morgan fingerprint density at radius 2 is 1.42 bits per heavy atom. The molecule has 4 rings (SSSR count). The molecule has 36 heavy (non-hydrogen) atoms. The Kier molecular flexibility index (Phi) is 9.11. The largest absolute Gasteiger partial charge is 0.461 e. The first-order chi connectivity index (χ1) is 17.6. The summed E-state index contributed by atoms with van der Waals surface area (Å²) in [6.07, 6.45) is 4.36. The van der Waals surface area contributed by atoms with Crippen molar-refractivity contribution in [3.63, 3.8) is 0 Å². The number of furan rings is 1. The number of ether oxygens (including phenoxy) is 1. The van der Waals surface area contributed by atoms with Gasteiger partial charge in [-0.3, -0.25) is 4.79 Å². The molecule has 0 aliphatic heterocycles. The number of benzene rings is 3. The first-order valence-electron chi connectivity index (χ1n) is 12.6. The second kappa shape index (κ2) is 12.7. The molecular formula is C31H33O4P. The minimum absolute atomic E-state index is 0.226. The fraction of sp³-hybridized carbons (Fsp3) is 0.258. The van der Waals surface area contributed by atoms with Crippen LogP contribution in [0.4, 0.5) is 0 Å². The molecule has 0 unspecified atom stereocenters. The van der Waals surface area contributed by atoms with Gasteiger partial charge in [-0.15, -0.1) is 0 Å². The lowest BCUT2D eigenvalue weighted by molar-refractivity contribution is 0.0270. The second-order valence-electron chi connectivity index (χ2n) is 8.98. The van der Waals surface area contributed by atoms with Crippen LogP contribution in [0.2, 0.25) is 0 Å². The summed E-state index contributed by atoms with van der Waals surface area (Å²) in [5.74, 6) is -0.0229. The Bertz CT molecular complexity index is 1190. The lowest BCUT2D eigenvalue weighted by Gasteiger charge is -2.30. The molecule has 0 radical (unpaired) electrons. The van der Waals surface area contributed by atoms with Crippen molar-refractivity contribution in [1.82, 2.24) is 0 Å². The van der Waals surface area contributed by atoms with Gasteiger partial charge in [0.1, 0.15) is 0 Å². The highest BCUT2D eigenvalue weighted by atomic mass is 31.2. The Hall–Kier alpha value is -3.20. The molecule has 0 saturated carbocycles. The zero-order valence-electron chi connectivity index (χ0n) is 20.7. The molecule has 0 aliphatic carbocycles. The van der Waals surface area contributed by atoms with Crippen molar-refractivity contribution in [2.24, 2.45) is 0 Å². The van der Waals surface area contributed by atoms with E-state index < -0.39 is 12.8 Å². The zero-order valence-corrected chi connectivity index (χ0v) is 21.6. The molecule has 0 fully saturated rings. The van der Waals surface area contributed by atoms with E-state index in [0.717, 1.165) is 24.8 Å². The lowest BCUT2D eigenvalue weighted by atomic mass is 10.0. The van der Waals surface area contributed by atoms with Crippen molar-refractivity contribution in [1.29, 1.82) is 0 Å². The van der Waals surface area contributed by atoms with E-state index in [4.69, 9.17) is 9.15 Å². The van der Waals surface area contributed by atoms with Gasteiger partial charge in [0.25, 0.3) is 0 Å². The van der Waals surface area contributed by atoms with Crippen LogP contribution in [-0.4, -0.2) is 17.5 Å². The number of hydrogen-bond acceptors (Lipinski definition) is 4. The summed E-state index contributed by atoms with van der Waals surface area (Å²) in [5.41, 5.74) is 0.258. The molecule has 4 nitrogen and oxygen atoms in total. The van der Waals surface area contributed by atoms with Gasteiger partial charge in [-0.2, -0.15) is 0 Å². The van der Waals surface area contributed by atoms with Gasteiger partial charge >= 0.3 is 0 Å². The third-order valence-electron chi connectivity index (χ3n) is 6.48. The molecule has 3 aromatic carbocycles. The molecule has 0 spiro atoms. The summed E-state index contributed by atoms with van der Waals surface area (Å²) >= 11 is 0. The minimum atomic E-state index is -3.40. The molecule has 186 valence electrons. The van der Waals surface area contributed by atoms with Gasteiger partial charge in [-0.05, 0) is 30.5 Å². The summed E-state index contributed by atoms with van der Waals surface area (Å²) in [4.78, 5) is 14.0. The first-order valence-corrected chi connectivity index (χ1v) is 14.3. The number of ketones is 1. The van der Waals surface area contributed by atoms with Crippen LogP contribution in [0.25, 0.3) is 0 Å². The molecule has 4 aromatic rings. The van der Waals surface area contributed by atoms with Crippen molar-refractivity contribution in [3.05, 3.63) is 121 Å². The van der Waals surface area contributed by atoms with Crippen molar-refractivity contribution in [2.45, 2.75) is 51.0 Å². The maximum Gasteiger partial charge on any atom is 0.209 e. The van der Waals surface area contributed by atoms with E-state index in [2.05, 4.69) is 6.92 Å². The Morgan fingerprint density at radius 1 is 0.833 bits per heavy atom. The van der Waals surface area contributed by atoms with Gasteiger partial charge in [0.15, 0.2) is 12.9 Å². The zero-order chi connectivity index (χ0) is 25.2. The van der Waals surface area contributed by atoms with Crippen LogP contribution in [0.1, 0.15) is 48.7 Å². The van der Waals surface area contributed by atoms with Crippen LogP contribution in [-0.2, 0) is 15.9 Å². The standard InChI is InChI=1S/C31H33O4P/c1-2-3-16-26(35-24-25-14-7-4-8-15-25)23-30(31(32)29-21-13-22-34-29)36(33,27-17-9-5-10-18-27)28-19-11-6-12-20-28/h4-15,17-22,26,30H,2-3,16,23-24H2,1H3/t26-,30-/m1/s1. The first kappa shape index (κ1) is 25.9. The summed E-state index contributed by atoms with van der Waals surface area (Å²) < 4.78 is 27.1. The van der Waals surface area contributed by atoms with E-state index in [1.165, 1.54) is 6.26 Å². The molecule has 1 aromatic heterocycles. The van der Waals surface area contributed by atoms with E-state index in [0.29, 0.717) is 23.6 Å². The van der Waals surface area contributed by atoms with Crippen LogP contribution >= 0.6 is 7.14 Å². The Morgan fingerprint density at radius 3 is 1.94 bits per heavy atom. The molecule has 0 saturated heterocycles. The van der Waals surface area contributed by atoms with Crippen LogP contribution in [0.5, 0.6) is 0 Å². The quantitative estimate of drug-likeness (QED) is 0.146. The van der Waals surface area contributed by atoms with Crippen LogP contribution in [0.3, 0.4) is 0 Å². The number of Topliss-reactive ketones (excluding diaryl/α,β-unsaturated/α-hetero) is 1. The molecule has 0 N–H and O–H groups in total. The van der Waals surface area contributed by atoms with Crippen LogP contribution in [0, 0.1) is 0 Å². The maximum absolute atomic E-state index is 15.2. The molecule has 0 bridgehead atoms. The van der Waals surface area contributed by atoms with Crippen LogP contribution < -0.4 is 10.6 Å². The highest BCUT2D eigenvalue weighted by molar-refractivity contribution is 7.80. The van der Waals surface area contributed by atoms with Crippen molar-refractivity contribution in [2.75, 3.05) is 0 Å². The molecule has 1 heterocycles. The van der Waals surface area contributed by atoms with Gasteiger partial charge in [0.05, 0.1) is 24.6 Å². The third-order valence-corrected chi connectivity index (χ3v) is 9.93. The minimum Gasteiger partial charge on any atom is -0.461 e. The van der Waals surface area contributed by atoms with Crippen molar-refractivity contribution in [3.8, 4) is 0 Å². The maximum atomic E-state index is 15.2. The predicted molar refractivity (Wildman–Crippen MR) is 146 cm³/mol. The van der Waals surface area contributed by atoms with Crippen LogP contribution in [0.15, 0.2) is 114 Å². The summed E-state index contributed by atoms with van der Waals surface area (Å²) in [7, 11) is -3.40. The lowest BCUT2D eigenvalue weighted by Crippen LogP contribution is -2.35. The molecular weight excluding hydrogens is 467 g/mol. The van der Waals surface area contributed by atoms with Gasteiger partial charge in [0, 0.05) is 10.6 Å². The molecule has 2 atom stereocenters. The fourth-order valence-corrected chi connectivity index (χ4v) is 7.79. The van der Waals surface area contributed by atoms with E-state index in [1.807, 2.05) is 91.0 Å². The smallest absolute Gasteiger partial charge is 0.209 e. The van der Waals surface area contributed by atoms with Crippen molar-refractivity contribution < 1.29 is 18.5 Å². The highest BCUT2D eigenvalue weighted by Gasteiger charge is 2.43. The number of hydrogen-bond donors (Lipinski definition) is 0. The van der Waals surface area contributed by atoms with Gasteiger partial charge in [0.2, 0.25) is 5.78 Å². The van der Waals surface area contributed by atoms with Gasteiger partial charge in [-0.25, -0.2) is 0 Å². The average Bonchev–Trinajstić information content (AvgIpc) is 3.49. The molecule has 0 amide bonds. The molecule has 5 heteroatoms. The number of carbonyl (C=O) groups is 1.